The topological polar surface area (TPSA) is 43.1 Å². The van der Waals surface area contributed by atoms with Crippen molar-refractivity contribution < 1.29 is 18.0 Å². The maximum atomic E-state index is 12.0. The molecule has 0 aliphatic carbocycles. The monoisotopic (exact) mass is 247 g/mol. The number of nitrogens with two attached hydrogens (primary N) is 1. The van der Waals surface area contributed by atoms with E-state index >= 15 is 0 Å². The predicted molar refractivity (Wildman–Crippen MR) is 56.6 cm³/mol. The molecule has 0 saturated heterocycles. The summed E-state index contributed by atoms with van der Waals surface area (Å²) >= 11 is -0.182. The highest BCUT2D eigenvalue weighted by Crippen LogP contribution is 2.36. The molecule has 0 heterocycles. The van der Waals surface area contributed by atoms with E-state index in [1.807, 2.05) is 0 Å². The quantitative estimate of drug-likeness (QED) is 0.659. The number of hydrogen-bond donors (Lipinski definition) is 1. The summed E-state index contributed by atoms with van der Waals surface area (Å²) < 4.78 is 36.0. The van der Waals surface area contributed by atoms with Gasteiger partial charge in [-0.05, 0) is 35.5 Å². The Labute approximate surface area is 94.3 Å². The second-order valence-electron chi connectivity index (χ2n) is 2.85. The van der Waals surface area contributed by atoms with Crippen molar-refractivity contribution in [2.75, 3.05) is 0 Å². The summed E-state index contributed by atoms with van der Waals surface area (Å²) in [5, 5.41) is 0. The Morgan fingerprint density at radius 2 is 1.81 bits per heavy atom. The fourth-order valence-corrected chi connectivity index (χ4v) is 1.50. The van der Waals surface area contributed by atoms with Crippen molar-refractivity contribution >= 4 is 23.7 Å². The Kier molecular flexibility index (Phi) is 4.00. The minimum Gasteiger partial charge on any atom is -0.366 e. The summed E-state index contributed by atoms with van der Waals surface area (Å²) in [4.78, 5) is 10.5. The zero-order valence-electron chi connectivity index (χ0n) is 7.99. The van der Waals surface area contributed by atoms with Crippen LogP contribution < -0.4 is 5.73 Å². The summed E-state index contributed by atoms with van der Waals surface area (Å²) in [6.45, 7) is 0. The molecule has 1 rings (SSSR count). The van der Waals surface area contributed by atoms with E-state index in [2.05, 4.69) is 0 Å². The van der Waals surface area contributed by atoms with Crippen LogP contribution in [-0.4, -0.2) is 11.4 Å². The number of halogens is 3. The normalized spacial score (nSPS) is 11.9. The first kappa shape index (κ1) is 12.6. The Hall–Kier alpha value is -1.43. The largest absolute Gasteiger partial charge is 0.446 e. The van der Waals surface area contributed by atoms with E-state index in [1.165, 1.54) is 30.3 Å². The molecule has 16 heavy (non-hydrogen) atoms. The number of amides is 1. The zero-order valence-corrected chi connectivity index (χ0v) is 8.81. The Bertz CT molecular complexity index is 398. The Balaban J connectivity index is 2.72. The molecule has 0 bridgehead atoms. The van der Waals surface area contributed by atoms with Gasteiger partial charge in [0, 0.05) is 11.0 Å². The van der Waals surface area contributed by atoms with Gasteiger partial charge in [0.1, 0.15) is 0 Å². The molecule has 0 atom stereocenters. The van der Waals surface area contributed by atoms with Gasteiger partial charge in [0.05, 0.1) is 0 Å². The van der Waals surface area contributed by atoms with Crippen LogP contribution >= 0.6 is 11.8 Å². The molecule has 6 heteroatoms. The highest BCUT2D eigenvalue weighted by molar-refractivity contribution is 8.00. The molecule has 0 saturated carbocycles. The number of carbonyl (C=O) groups is 1. The number of alkyl halides is 3. The van der Waals surface area contributed by atoms with Gasteiger partial charge < -0.3 is 5.73 Å². The fourth-order valence-electron chi connectivity index (χ4n) is 0.959. The van der Waals surface area contributed by atoms with Crippen molar-refractivity contribution in [3.05, 3.63) is 35.9 Å². The van der Waals surface area contributed by atoms with E-state index in [-0.39, 0.29) is 16.7 Å². The van der Waals surface area contributed by atoms with Crippen LogP contribution in [-0.2, 0) is 4.79 Å². The van der Waals surface area contributed by atoms with Crippen LogP contribution in [0.15, 0.2) is 35.2 Å². The lowest BCUT2D eigenvalue weighted by Crippen LogP contribution is -2.05. The summed E-state index contributed by atoms with van der Waals surface area (Å²) in [5.74, 6) is -0.603. The first-order chi connectivity index (χ1) is 7.37. The van der Waals surface area contributed by atoms with E-state index in [4.69, 9.17) is 5.73 Å². The number of carbonyl (C=O) groups excluding carboxylic acids is 1. The van der Waals surface area contributed by atoms with Crippen molar-refractivity contribution in [1.82, 2.24) is 0 Å². The smallest absolute Gasteiger partial charge is 0.366 e. The minimum atomic E-state index is -4.29. The van der Waals surface area contributed by atoms with Gasteiger partial charge >= 0.3 is 5.51 Å². The van der Waals surface area contributed by atoms with Crippen LogP contribution in [0.25, 0.3) is 6.08 Å². The number of rotatable bonds is 3. The molecule has 1 aromatic carbocycles. The SMILES string of the molecule is NC(=O)/C=C/c1ccc(SC(F)(F)F)cc1. The van der Waals surface area contributed by atoms with Gasteiger partial charge in [0.25, 0.3) is 0 Å². The lowest BCUT2D eigenvalue weighted by atomic mass is 10.2. The van der Waals surface area contributed by atoms with Crippen molar-refractivity contribution in [3.63, 3.8) is 0 Å². The van der Waals surface area contributed by atoms with E-state index in [0.29, 0.717) is 5.56 Å². The Morgan fingerprint density at radius 1 is 1.25 bits per heavy atom. The second kappa shape index (κ2) is 5.07. The van der Waals surface area contributed by atoms with Crippen LogP contribution in [0.1, 0.15) is 5.56 Å². The van der Waals surface area contributed by atoms with Gasteiger partial charge in [-0.15, -0.1) is 0 Å². The summed E-state index contributed by atoms with van der Waals surface area (Å²) in [6, 6.07) is 5.62. The number of benzene rings is 1. The maximum Gasteiger partial charge on any atom is 0.446 e. The minimum absolute atomic E-state index is 0.101. The molecule has 2 N–H and O–H groups in total. The van der Waals surface area contributed by atoms with E-state index in [0.717, 1.165) is 6.08 Å². The standard InChI is InChI=1S/C10H8F3NOS/c11-10(12,13)16-8-4-1-7(2-5-8)3-6-9(14)15/h1-6H,(H2,14,15)/b6-3+. The highest BCUT2D eigenvalue weighted by Gasteiger charge is 2.28. The van der Waals surface area contributed by atoms with Crippen LogP contribution in [0.2, 0.25) is 0 Å². The van der Waals surface area contributed by atoms with E-state index in [9.17, 15) is 18.0 Å². The van der Waals surface area contributed by atoms with Crippen LogP contribution in [0.4, 0.5) is 13.2 Å². The van der Waals surface area contributed by atoms with Crippen molar-refractivity contribution in [2.45, 2.75) is 10.4 Å². The number of primary amides is 1. The lowest BCUT2D eigenvalue weighted by Gasteiger charge is -2.05. The molecule has 86 valence electrons. The average molecular weight is 247 g/mol. The van der Waals surface area contributed by atoms with Crippen molar-refractivity contribution in [2.24, 2.45) is 5.73 Å². The molecule has 0 fully saturated rings. The third-order valence-electron chi connectivity index (χ3n) is 1.55. The molecule has 0 radical (unpaired) electrons. The van der Waals surface area contributed by atoms with Crippen LogP contribution in [0, 0.1) is 0 Å². The van der Waals surface area contributed by atoms with Crippen LogP contribution in [0.5, 0.6) is 0 Å². The van der Waals surface area contributed by atoms with Gasteiger partial charge in [-0.25, -0.2) is 0 Å². The fraction of sp³-hybridized carbons (Fsp3) is 0.100. The first-order valence-corrected chi connectivity index (χ1v) is 5.02. The third kappa shape index (κ3) is 4.88. The molecule has 0 unspecified atom stereocenters. The molecule has 0 aliphatic rings. The molecule has 0 aromatic heterocycles. The highest BCUT2D eigenvalue weighted by atomic mass is 32.2. The zero-order chi connectivity index (χ0) is 12.2. The summed E-state index contributed by atoms with van der Waals surface area (Å²) in [5.41, 5.74) is 1.20. The van der Waals surface area contributed by atoms with Crippen molar-refractivity contribution in [3.8, 4) is 0 Å². The average Bonchev–Trinajstić information content (AvgIpc) is 2.14. The maximum absolute atomic E-state index is 12.0. The third-order valence-corrected chi connectivity index (χ3v) is 2.29. The van der Waals surface area contributed by atoms with Crippen LogP contribution in [0.3, 0.4) is 0 Å². The number of thioether (sulfide) groups is 1. The summed E-state index contributed by atoms with van der Waals surface area (Å²) in [7, 11) is 0. The molecular weight excluding hydrogens is 239 g/mol. The Morgan fingerprint density at radius 3 is 2.25 bits per heavy atom. The molecule has 0 aliphatic heterocycles. The van der Waals surface area contributed by atoms with E-state index < -0.39 is 11.4 Å². The molecule has 1 amide bonds. The van der Waals surface area contributed by atoms with Gasteiger partial charge in [-0.1, -0.05) is 12.1 Å². The molecular formula is C10H8F3NOS. The summed E-state index contributed by atoms with van der Waals surface area (Å²) in [6.07, 6.45) is 2.58. The van der Waals surface area contributed by atoms with Gasteiger partial charge in [0.2, 0.25) is 5.91 Å². The van der Waals surface area contributed by atoms with Gasteiger partial charge in [-0.3, -0.25) is 4.79 Å². The molecule has 2 nitrogen and oxygen atoms in total. The van der Waals surface area contributed by atoms with Gasteiger partial charge in [0.15, 0.2) is 0 Å². The van der Waals surface area contributed by atoms with Crippen molar-refractivity contribution in [1.29, 1.82) is 0 Å². The second-order valence-corrected chi connectivity index (χ2v) is 3.99. The predicted octanol–water partition coefficient (Wildman–Crippen LogP) is 2.80. The van der Waals surface area contributed by atoms with E-state index in [1.54, 1.807) is 0 Å². The molecule has 1 aromatic rings. The number of hydrogen-bond acceptors (Lipinski definition) is 2. The first-order valence-electron chi connectivity index (χ1n) is 4.20. The lowest BCUT2D eigenvalue weighted by molar-refractivity contribution is -0.113. The van der Waals surface area contributed by atoms with Gasteiger partial charge in [-0.2, -0.15) is 13.2 Å². The molecule has 0 spiro atoms.